The first-order valence-corrected chi connectivity index (χ1v) is 5.37. The molecular formula is C15H13N. The minimum atomic E-state index is 0.489. The van der Waals surface area contributed by atoms with Crippen LogP contribution in [-0.2, 0) is 12.8 Å². The van der Waals surface area contributed by atoms with Gasteiger partial charge in [0.1, 0.15) is 0 Å². The standard InChI is InChI=1S/C15H13N/c16-10-9-14-7-4-8-15(12-14)11-13-5-2-1-3-6-13/h1-8,12H,9,11H2. The lowest BCUT2D eigenvalue weighted by atomic mass is 10.0. The third kappa shape index (κ3) is 2.71. The van der Waals surface area contributed by atoms with Gasteiger partial charge in [-0.1, -0.05) is 54.6 Å². The number of nitriles is 1. The van der Waals surface area contributed by atoms with E-state index in [0.717, 1.165) is 12.0 Å². The molecule has 0 aliphatic rings. The Labute approximate surface area is 96.0 Å². The third-order valence-electron chi connectivity index (χ3n) is 2.53. The highest BCUT2D eigenvalue weighted by molar-refractivity contribution is 5.30. The van der Waals surface area contributed by atoms with Crippen molar-refractivity contribution in [2.75, 3.05) is 0 Å². The van der Waals surface area contributed by atoms with Gasteiger partial charge in [0.2, 0.25) is 0 Å². The van der Waals surface area contributed by atoms with E-state index in [2.05, 4.69) is 42.5 Å². The monoisotopic (exact) mass is 207 g/mol. The van der Waals surface area contributed by atoms with Crippen LogP contribution in [0.25, 0.3) is 0 Å². The van der Waals surface area contributed by atoms with E-state index < -0.39 is 0 Å². The minimum Gasteiger partial charge on any atom is -0.198 e. The van der Waals surface area contributed by atoms with Crippen LogP contribution in [0.2, 0.25) is 0 Å². The first-order chi connectivity index (χ1) is 7.88. The maximum Gasteiger partial charge on any atom is 0.0669 e. The lowest BCUT2D eigenvalue weighted by Gasteiger charge is -2.03. The highest BCUT2D eigenvalue weighted by Crippen LogP contribution is 2.11. The Hall–Kier alpha value is -2.07. The number of rotatable bonds is 3. The maximum atomic E-state index is 8.65. The molecule has 0 aliphatic heterocycles. The molecule has 0 amide bonds. The van der Waals surface area contributed by atoms with Crippen molar-refractivity contribution in [2.45, 2.75) is 12.8 Å². The fraction of sp³-hybridized carbons (Fsp3) is 0.133. The summed E-state index contributed by atoms with van der Waals surface area (Å²) in [4.78, 5) is 0. The molecule has 0 aliphatic carbocycles. The molecular weight excluding hydrogens is 194 g/mol. The first-order valence-electron chi connectivity index (χ1n) is 5.37. The molecule has 0 heterocycles. The Bertz CT molecular complexity index is 494. The van der Waals surface area contributed by atoms with Crippen LogP contribution in [-0.4, -0.2) is 0 Å². The van der Waals surface area contributed by atoms with Crippen LogP contribution in [0.15, 0.2) is 54.6 Å². The summed E-state index contributed by atoms with van der Waals surface area (Å²) in [5.41, 5.74) is 3.66. The van der Waals surface area contributed by atoms with Crippen molar-refractivity contribution < 1.29 is 0 Å². The van der Waals surface area contributed by atoms with Gasteiger partial charge in [0.25, 0.3) is 0 Å². The summed E-state index contributed by atoms with van der Waals surface area (Å²) in [6, 6.07) is 20.8. The Morgan fingerprint density at radius 3 is 2.25 bits per heavy atom. The summed E-state index contributed by atoms with van der Waals surface area (Å²) in [5, 5.41) is 8.65. The van der Waals surface area contributed by atoms with Gasteiger partial charge in [-0.05, 0) is 23.1 Å². The summed E-state index contributed by atoms with van der Waals surface area (Å²) in [7, 11) is 0. The Balaban J connectivity index is 2.16. The summed E-state index contributed by atoms with van der Waals surface area (Å²) in [6.45, 7) is 0. The van der Waals surface area contributed by atoms with Gasteiger partial charge in [-0.2, -0.15) is 5.26 Å². The van der Waals surface area contributed by atoms with Gasteiger partial charge < -0.3 is 0 Å². The minimum absolute atomic E-state index is 0.489. The van der Waals surface area contributed by atoms with Gasteiger partial charge in [-0.3, -0.25) is 0 Å². The Kier molecular flexibility index (Phi) is 3.35. The molecule has 16 heavy (non-hydrogen) atoms. The van der Waals surface area contributed by atoms with Crippen molar-refractivity contribution in [2.24, 2.45) is 0 Å². The van der Waals surface area contributed by atoms with E-state index in [1.54, 1.807) is 0 Å². The van der Waals surface area contributed by atoms with E-state index in [4.69, 9.17) is 5.26 Å². The summed E-state index contributed by atoms with van der Waals surface area (Å²) in [6.07, 6.45) is 1.42. The molecule has 0 radical (unpaired) electrons. The van der Waals surface area contributed by atoms with E-state index in [-0.39, 0.29) is 0 Å². The molecule has 0 atom stereocenters. The SMILES string of the molecule is N#CCc1cccc(Cc2ccccc2)c1. The Morgan fingerprint density at radius 2 is 1.50 bits per heavy atom. The first kappa shape index (κ1) is 10.4. The zero-order valence-corrected chi connectivity index (χ0v) is 9.06. The lowest BCUT2D eigenvalue weighted by molar-refractivity contribution is 1.16. The molecule has 78 valence electrons. The van der Waals surface area contributed by atoms with Gasteiger partial charge in [-0.15, -0.1) is 0 Å². The lowest BCUT2D eigenvalue weighted by Crippen LogP contribution is -1.89. The van der Waals surface area contributed by atoms with Gasteiger partial charge in [0, 0.05) is 0 Å². The second kappa shape index (κ2) is 5.14. The normalized spacial score (nSPS) is 9.69. The maximum absolute atomic E-state index is 8.65. The summed E-state index contributed by atoms with van der Waals surface area (Å²) in [5.74, 6) is 0. The van der Waals surface area contributed by atoms with Crippen LogP contribution in [0.4, 0.5) is 0 Å². The van der Waals surface area contributed by atoms with E-state index in [1.165, 1.54) is 11.1 Å². The molecule has 0 saturated heterocycles. The van der Waals surface area contributed by atoms with Gasteiger partial charge in [-0.25, -0.2) is 0 Å². The zero-order valence-electron chi connectivity index (χ0n) is 9.06. The fourth-order valence-electron chi connectivity index (χ4n) is 1.77. The summed E-state index contributed by atoms with van der Waals surface area (Å²) >= 11 is 0. The van der Waals surface area contributed by atoms with Crippen LogP contribution >= 0.6 is 0 Å². The quantitative estimate of drug-likeness (QED) is 0.757. The number of nitrogens with zero attached hydrogens (tertiary/aromatic N) is 1. The van der Waals surface area contributed by atoms with Crippen molar-refractivity contribution >= 4 is 0 Å². The summed E-state index contributed by atoms with van der Waals surface area (Å²) < 4.78 is 0. The van der Waals surface area contributed by atoms with E-state index in [1.807, 2.05) is 18.2 Å². The van der Waals surface area contributed by atoms with Crippen molar-refractivity contribution in [3.63, 3.8) is 0 Å². The average Bonchev–Trinajstić information content (AvgIpc) is 2.31. The molecule has 0 unspecified atom stereocenters. The molecule has 0 spiro atoms. The predicted molar refractivity (Wildman–Crippen MR) is 65.0 cm³/mol. The van der Waals surface area contributed by atoms with Crippen LogP contribution in [0.3, 0.4) is 0 Å². The van der Waals surface area contributed by atoms with Gasteiger partial charge in [0.05, 0.1) is 12.5 Å². The molecule has 0 bridgehead atoms. The van der Waals surface area contributed by atoms with Crippen molar-refractivity contribution in [3.8, 4) is 6.07 Å². The second-order valence-electron chi connectivity index (χ2n) is 3.82. The highest BCUT2D eigenvalue weighted by atomic mass is 14.2. The Morgan fingerprint density at radius 1 is 0.812 bits per heavy atom. The third-order valence-corrected chi connectivity index (χ3v) is 2.53. The molecule has 0 N–H and O–H groups in total. The van der Waals surface area contributed by atoms with Crippen molar-refractivity contribution in [1.29, 1.82) is 5.26 Å². The van der Waals surface area contributed by atoms with Crippen LogP contribution in [0, 0.1) is 11.3 Å². The largest absolute Gasteiger partial charge is 0.198 e. The van der Waals surface area contributed by atoms with E-state index >= 15 is 0 Å². The molecule has 1 heteroatoms. The van der Waals surface area contributed by atoms with Gasteiger partial charge in [0.15, 0.2) is 0 Å². The average molecular weight is 207 g/mol. The van der Waals surface area contributed by atoms with Crippen LogP contribution in [0.1, 0.15) is 16.7 Å². The van der Waals surface area contributed by atoms with E-state index in [9.17, 15) is 0 Å². The van der Waals surface area contributed by atoms with Crippen molar-refractivity contribution in [1.82, 2.24) is 0 Å². The molecule has 2 aromatic rings. The predicted octanol–water partition coefficient (Wildman–Crippen LogP) is 3.34. The van der Waals surface area contributed by atoms with Crippen molar-refractivity contribution in [3.05, 3.63) is 71.3 Å². The smallest absolute Gasteiger partial charge is 0.0669 e. The molecule has 0 saturated carbocycles. The molecule has 1 nitrogen and oxygen atoms in total. The topological polar surface area (TPSA) is 23.8 Å². The number of benzene rings is 2. The molecule has 0 fully saturated rings. The number of hydrogen-bond acceptors (Lipinski definition) is 1. The fourth-order valence-corrected chi connectivity index (χ4v) is 1.77. The van der Waals surface area contributed by atoms with Crippen LogP contribution < -0.4 is 0 Å². The molecule has 0 aromatic heterocycles. The highest BCUT2D eigenvalue weighted by Gasteiger charge is 1.97. The molecule has 2 rings (SSSR count). The van der Waals surface area contributed by atoms with Crippen LogP contribution in [0.5, 0.6) is 0 Å². The van der Waals surface area contributed by atoms with Gasteiger partial charge >= 0.3 is 0 Å². The molecule has 2 aromatic carbocycles. The second-order valence-corrected chi connectivity index (χ2v) is 3.82. The van der Waals surface area contributed by atoms with E-state index in [0.29, 0.717) is 6.42 Å². The number of hydrogen-bond donors (Lipinski definition) is 0. The zero-order chi connectivity index (χ0) is 11.2.